The van der Waals surface area contributed by atoms with Crippen LogP contribution in [0.3, 0.4) is 0 Å². The van der Waals surface area contributed by atoms with Gasteiger partial charge < -0.3 is 37.1 Å². The molecule has 0 bridgehead atoms. The maximum absolute atomic E-state index is 0. The van der Waals surface area contributed by atoms with Crippen molar-refractivity contribution < 1.29 is 19.8 Å². The summed E-state index contributed by atoms with van der Waals surface area (Å²) < 4.78 is 0. The van der Waals surface area contributed by atoms with Gasteiger partial charge in [-0.25, -0.2) is 0 Å². The molecule has 1 heteroatoms. The van der Waals surface area contributed by atoms with Gasteiger partial charge in [-0.05, 0) is 0 Å². The van der Waals surface area contributed by atoms with Crippen LogP contribution in [0.15, 0.2) is 0 Å². The second kappa shape index (κ2) is 299. The fourth-order valence-corrected chi connectivity index (χ4v) is 0. The average molecular weight is 267 g/mol. The maximum atomic E-state index is 0. The first-order chi connectivity index (χ1) is 0. The van der Waals surface area contributed by atoms with Crippen molar-refractivity contribution in [3.05, 3.63) is 37.1 Å². The third kappa shape index (κ3) is 151. The van der Waals surface area contributed by atoms with Gasteiger partial charge in [-0.2, -0.15) is 0 Å². The minimum atomic E-state index is 0. The van der Waals surface area contributed by atoms with Crippen LogP contribution in [0.1, 0.15) is 0 Å². The predicted octanol–water partition coefficient (Wildman–Crippen LogP) is 1.71. The van der Waals surface area contributed by atoms with Gasteiger partial charge in [-0.15, -0.1) is 0 Å². The zero-order valence-electron chi connectivity index (χ0n) is 5.41. The van der Waals surface area contributed by atoms with Crippen LogP contribution in [0, 0.1) is 37.1 Å². The van der Waals surface area contributed by atoms with Crippen LogP contribution in [0.25, 0.3) is 0 Å². The third-order valence-electron chi connectivity index (χ3n) is 0. The molecular weight excluding hydrogens is 250 g/mol. The molecule has 0 unspecified atom stereocenters. The quantitative estimate of drug-likeness (QED) is 0.586. The van der Waals surface area contributed by atoms with Gasteiger partial charge in [0.05, 0.1) is 0 Å². The van der Waals surface area contributed by atoms with E-state index >= 15 is 0 Å². The standard InChI is InChI=1S/5CH3.Os.2H/h5*1H3;;;/q5*-1;;;. The number of hydrogen-bond acceptors (Lipinski definition) is 0. The van der Waals surface area contributed by atoms with E-state index in [0.717, 1.165) is 0 Å². The van der Waals surface area contributed by atoms with Crippen LogP contribution in [0.5, 0.6) is 0 Å². The van der Waals surface area contributed by atoms with Crippen molar-refractivity contribution in [2.45, 2.75) is 0 Å². The van der Waals surface area contributed by atoms with E-state index in [0.29, 0.717) is 0 Å². The van der Waals surface area contributed by atoms with Crippen LogP contribution >= 0.6 is 0 Å². The summed E-state index contributed by atoms with van der Waals surface area (Å²) in [6, 6.07) is 0. The van der Waals surface area contributed by atoms with Gasteiger partial charge in [-0.1, -0.05) is 0 Å². The Bertz CT molecular complexity index is 3.90. The van der Waals surface area contributed by atoms with Crippen molar-refractivity contribution in [3.63, 3.8) is 0 Å². The Morgan fingerprint density at radius 1 is 0.333 bits per heavy atom. The number of rotatable bonds is 0. The van der Waals surface area contributed by atoms with Gasteiger partial charge in [0.2, 0.25) is 0 Å². The van der Waals surface area contributed by atoms with Crippen molar-refractivity contribution in [2.75, 3.05) is 0 Å². The Labute approximate surface area is 57.4 Å². The second-order valence-electron chi connectivity index (χ2n) is 0. The monoisotopic (exact) mass is 269 g/mol. The molecular formula is C5H17Os-5. The van der Waals surface area contributed by atoms with E-state index in [2.05, 4.69) is 0 Å². The summed E-state index contributed by atoms with van der Waals surface area (Å²) in [6.07, 6.45) is 0. The summed E-state index contributed by atoms with van der Waals surface area (Å²) in [7, 11) is 0. The molecule has 0 rings (SSSR count). The normalized spacial score (nSPS) is 0. The van der Waals surface area contributed by atoms with E-state index in [4.69, 9.17) is 0 Å². The molecule has 0 radical (unpaired) electrons. The zero-order valence-corrected chi connectivity index (χ0v) is 8.34. The van der Waals surface area contributed by atoms with Crippen LogP contribution in [0.4, 0.5) is 0 Å². The second-order valence-corrected chi connectivity index (χ2v) is 0. The summed E-state index contributed by atoms with van der Waals surface area (Å²) in [5.41, 5.74) is 0. The van der Waals surface area contributed by atoms with Gasteiger partial charge in [0.1, 0.15) is 0 Å². The van der Waals surface area contributed by atoms with Gasteiger partial charge in [0.15, 0.2) is 0 Å². The molecule has 6 heavy (non-hydrogen) atoms. The first-order valence-electron chi connectivity index (χ1n) is 0. The molecule has 0 aliphatic heterocycles. The molecule has 0 aromatic carbocycles. The molecule has 0 fully saturated rings. The molecule has 0 saturated carbocycles. The summed E-state index contributed by atoms with van der Waals surface area (Å²) in [4.78, 5) is 0. The fraction of sp³-hybridized carbons (Fsp3) is 0. The fourth-order valence-electron chi connectivity index (χ4n) is 0. The van der Waals surface area contributed by atoms with Crippen LogP contribution < -0.4 is 0 Å². The van der Waals surface area contributed by atoms with E-state index in [1.807, 2.05) is 0 Å². The molecule has 0 spiro atoms. The molecule has 0 heterocycles. The number of hydrogen-bond donors (Lipinski definition) is 0. The Balaban J connectivity index is 0. The van der Waals surface area contributed by atoms with E-state index in [-0.39, 0.29) is 56.9 Å². The SMILES string of the molecule is [CH3-].[CH3-].[CH3-].[CH3-].[CH3-].[OsH2]. The molecule has 0 saturated heterocycles. The van der Waals surface area contributed by atoms with Gasteiger partial charge in [-0.3, -0.25) is 0 Å². The molecule has 0 aromatic rings. The van der Waals surface area contributed by atoms with Crippen molar-refractivity contribution in [1.82, 2.24) is 0 Å². The Morgan fingerprint density at radius 3 is 0.333 bits per heavy atom. The van der Waals surface area contributed by atoms with Crippen molar-refractivity contribution in [1.29, 1.82) is 0 Å². The summed E-state index contributed by atoms with van der Waals surface area (Å²) in [5, 5.41) is 0. The Hall–Kier alpha value is 0.636. The van der Waals surface area contributed by atoms with Crippen LogP contribution in [-0.2, 0) is 19.8 Å². The summed E-state index contributed by atoms with van der Waals surface area (Å²) in [5.74, 6) is 0. The van der Waals surface area contributed by atoms with E-state index in [9.17, 15) is 0 Å². The predicted molar refractivity (Wildman–Crippen MR) is 34.9 cm³/mol. The Kier molecular flexibility index (Phi) is 26000. The van der Waals surface area contributed by atoms with Gasteiger partial charge in [0.25, 0.3) is 0 Å². The summed E-state index contributed by atoms with van der Waals surface area (Å²) in [6.45, 7) is 0. The van der Waals surface area contributed by atoms with Crippen molar-refractivity contribution >= 4 is 0 Å². The van der Waals surface area contributed by atoms with Gasteiger partial charge >= 0.3 is 19.8 Å². The summed E-state index contributed by atoms with van der Waals surface area (Å²) >= 11 is 0. The van der Waals surface area contributed by atoms with Crippen molar-refractivity contribution in [3.8, 4) is 0 Å². The van der Waals surface area contributed by atoms with E-state index in [1.165, 1.54) is 0 Å². The molecule has 0 aliphatic carbocycles. The molecule has 0 atom stereocenters. The minimum absolute atomic E-state index is 0. The van der Waals surface area contributed by atoms with Gasteiger partial charge in [0, 0.05) is 0 Å². The Morgan fingerprint density at radius 2 is 0.333 bits per heavy atom. The van der Waals surface area contributed by atoms with E-state index < -0.39 is 0 Å². The van der Waals surface area contributed by atoms with E-state index in [1.54, 1.807) is 0 Å². The molecule has 0 amide bonds. The first kappa shape index (κ1) is 521. The molecule has 0 aromatic heterocycles. The zero-order chi connectivity index (χ0) is 0. The molecule has 50 valence electrons. The van der Waals surface area contributed by atoms with Crippen molar-refractivity contribution in [2.24, 2.45) is 0 Å². The van der Waals surface area contributed by atoms with Crippen LogP contribution in [0.2, 0.25) is 0 Å². The molecule has 0 N–H and O–H groups in total. The van der Waals surface area contributed by atoms with Crippen LogP contribution in [-0.4, -0.2) is 0 Å². The molecule has 0 nitrogen and oxygen atoms in total. The average Bonchev–Trinajstić information content (AvgIpc) is 0. The molecule has 0 aliphatic rings. The first-order valence-corrected chi connectivity index (χ1v) is 0. The third-order valence-corrected chi connectivity index (χ3v) is 0. The topological polar surface area (TPSA) is 0 Å².